The zero-order chi connectivity index (χ0) is 21.2. The molecule has 0 spiro atoms. The summed E-state index contributed by atoms with van der Waals surface area (Å²) >= 11 is 11.2. The topological polar surface area (TPSA) is 49.4 Å². The monoisotopic (exact) mass is 496 g/mol. The van der Waals surface area contributed by atoms with E-state index >= 15 is 0 Å². The number of amides is 2. The second-order valence-electron chi connectivity index (χ2n) is 6.70. The van der Waals surface area contributed by atoms with E-state index in [4.69, 9.17) is 11.6 Å². The van der Waals surface area contributed by atoms with Gasteiger partial charge in [0.1, 0.15) is 6.04 Å². The van der Waals surface area contributed by atoms with Crippen molar-refractivity contribution in [1.82, 2.24) is 10.2 Å². The molecule has 0 radical (unpaired) electrons. The van der Waals surface area contributed by atoms with Crippen molar-refractivity contribution >= 4 is 51.1 Å². The van der Waals surface area contributed by atoms with E-state index in [2.05, 4.69) is 21.2 Å². The normalized spacial score (nSPS) is 11.7. The van der Waals surface area contributed by atoms with Crippen LogP contribution in [-0.4, -0.2) is 35.1 Å². The van der Waals surface area contributed by atoms with Crippen molar-refractivity contribution in [3.05, 3.63) is 69.2 Å². The lowest BCUT2D eigenvalue weighted by Crippen LogP contribution is -2.48. The largest absolute Gasteiger partial charge is 0.354 e. The third-order valence-corrected chi connectivity index (χ3v) is 6.23. The number of rotatable bonds is 10. The number of nitrogens with one attached hydrogen (secondary N) is 1. The van der Waals surface area contributed by atoms with Gasteiger partial charge in [-0.05, 0) is 42.7 Å². The van der Waals surface area contributed by atoms with Gasteiger partial charge in [0.05, 0.1) is 5.75 Å². The lowest BCUT2D eigenvalue weighted by Gasteiger charge is -2.29. The summed E-state index contributed by atoms with van der Waals surface area (Å²) in [6.45, 7) is 4.76. The predicted octanol–water partition coefficient (Wildman–Crippen LogP) is 5.28. The van der Waals surface area contributed by atoms with E-state index in [1.165, 1.54) is 11.8 Å². The van der Waals surface area contributed by atoms with Crippen LogP contribution in [0.2, 0.25) is 5.02 Å². The van der Waals surface area contributed by atoms with Gasteiger partial charge < -0.3 is 10.2 Å². The highest BCUT2D eigenvalue weighted by Crippen LogP contribution is 2.22. The Morgan fingerprint density at radius 2 is 1.97 bits per heavy atom. The van der Waals surface area contributed by atoms with Gasteiger partial charge in [-0.25, -0.2) is 0 Å². The minimum absolute atomic E-state index is 0.0684. The van der Waals surface area contributed by atoms with E-state index in [0.29, 0.717) is 23.9 Å². The Labute approximate surface area is 190 Å². The second kappa shape index (κ2) is 12.3. The molecule has 0 aliphatic carbocycles. The predicted molar refractivity (Wildman–Crippen MR) is 125 cm³/mol. The van der Waals surface area contributed by atoms with Gasteiger partial charge in [0.2, 0.25) is 11.8 Å². The molecule has 0 heterocycles. The fourth-order valence-electron chi connectivity index (χ4n) is 2.76. The first kappa shape index (κ1) is 23.8. The van der Waals surface area contributed by atoms with Crippen LogP contribution >= 0.6 is 39.3 Å². The molecule has 1 unspecified atom stereocenters. The number of benzene rings is 2. The van der Waals surface area contributed by atoms with Crippen molar-refractivity contribution in [1.29, 1.82) is 0 Å². The molecular weight excluding hydrogens is 472 g/mol. The molecule has 7 heteroatoms. The van der Waals surface area contributed by atoms with Crippen molar-refractivity contribution in [2.24, 2.45) is 0 Å². The van der Waals surface area contributed by atoms with Gasteiger partial charge in [0.15, 0.2) is 0 Å². The van der Waals surface area contributed by atoms with Gasteiger partial charge in [-0.3, -0.25) is 9.59 Å². The number of halogens is 2. The number of carbonyl (C=O) groups is 2. The lowest BCUT2D eigenvalue weighted by molar-refractivity contribution is -0.138. The van der Waals surface area contributed by atoms with Crippen molar-refractivity contribution in [2.45, 2.75) is 38.6 Å². The fourth-order valence-corrected chi connectivity index (χ4v) is 4.40. The number of hydrogen-bond acceptors (Lipinski definition) is 3. The SMILES string of the molecule is CCCNC(=O)C(C)N(Cc1cccc(Br)c1)C(=O)CSCc1ccccc1Cl. The number of thioether (sulfide) groups is 1. The molecule has 0 aromatic heterocycles. The van der Waals surface area contributed by atoms with Gasteiger partial charge >= 0.3 is 0 Å². The van der Waals surface area contributed by atoms with Gasteiger partial charge in [-0.1, -0.05) is 64.8 Å². The zero-order valence-electron chi connectivity index (χ0n) is 16.7. The highest BCUT2D eigenvalue weighted by Gasteiger charge is 2.25. The summed E-state index contributed by atoms with van der Waals surface area (Å²) in [4.78, 5) is 27.2. The molecule has 2 rings (SSSR count). The molecule has 0 saturated heterocycles. The second-order valence-corrected chi connectivity index (χ2v) is 9.01. The third kappa shape index (κ3) is 7.68. The van der Waals surface area contributed by atoms with Gasteiger partial charge in [0, 0.05) is 28.3 Å². The van der Waals surface area contributed by atoms with Crippen LogP contribution in [-0.2, 0) is 21.9 Å². The molecule has 1 atom stereocenters. The summed E-state index contributed by atoms with van der Waals surface area (Å²) in [6, 6.07) is 14.9. The molecule has 0 bridgehead atoms. The molecule has 1 N–H and O–H groups in total. The minimum Gasteiger partial charge on any atom is -0.354 e. The molecule has 2 aromatic rings. The quantitative estimate of drug-likeness (QED) is 0.486. The molecule has 29 heavy (non-hydrogen) atoms. The van der Waals surface area contributed by atoms with E-state index in [1.54, 1.807) is 11.8 Å². The van der Waals surface area contributed by atoms with Gasteiger partial charge in [-0.2, -0.15) is 0 Å². The fraction of sp³-hybridized carbons (Fsp3) is 0.364. The molecule has 156 valence electrons. The first-order valence-corrected chi connectivity index (χ1v) is 11.9. The number of carbonyl (C=O) groups excluding carboxylic acids is 2. The van der Waals surface area contributed by atoms with Crippen LogP contribution < -0.4 is 5.32 Å². The summed E-state index contributed by atoms with van der Waals surface area (Å²) in [5.41, 5.74) is 1.97. The summed E-state index contributed by atoms with van der Waals surface area (Å²) < 4.78 is 0.943. The average molecular weight is 498 g/mol. The van der Waals surface area contributed by atoms with Gasteiger partial charge in [-0.15, -0.1) is 11.8 Å². The molecule has 4 nitrogen and oxygen atoms in total. The molecule has 0 fully saturated rings. The highest BCUT2D eigenvalue weighted by molar-refractivity contribution is 9.10. The Morgan fingerprint density at radius 1 is 1.21 bits per heavy atom. The van der Waals surface area contributed by atoms with Crippen molar-refractivity contribution in [2.75, 3.05) is 12.3 Å². The minimum atomic E-state index is -0.547. The van der Waals surface area contributed by atoms with Crippen LogP contribution in [0, 0.1) is 0 Å². The number of nitrogens with zero attached hydrogens (tertiary/aromatic N) is 1. The lowest BCUT2D eigenvalue weighted by atomic mass is 10.1. The van der Waals surface area contributed by atoms with Crippen LogP contribution in [0.25, 0.3) is 0 Å². The van der Waals surface area contributed by atoms with Gasteiger partial charge in [0.25, 0.3) is 0 Å². The Hall–Kier alpha value is -1.50. The Bertz CT molecular complexity index is 834. The summed E-state index contributed by atoms with van der Waals surface area (Å²) in [5, 5.41) is 3.59. The smallest absolute Gasteiger partial charge is 0.242 e. The Kier molecular flexibility index (Phi) is 10.0. The summed E-state index contributed by atoms with van der Waals surface area (Å²) in [7, 11) is 0. The molecule has 2 amide bonds. The van der Waals surface area contributed by atoms with Crippen LogP contribution in [0.15, 0.2) is 53.0 Å². The van der Waals surface area contributed by atoms with E-state index in [9.17, 15) is 9.59 Å². The first-order valence-electron chi connectivity index (χ1n) is 9.55. The van der Waals surface area contributed by atoms with E-state index < -0.39 is 6.04 Å². The summed E-state index contributed by atoms with van der Waals surface area (Å²) in [5.74, 6) is 0.726. The molecule has 0 saturated carbocycles. The molecule has 0 aliphatic rings. The number of hydrogen-bond donors (Lipinski definition) is 1. The molecule has 2 aromatic carbocycles. The van der Waals surface area contributed by atoms with Crippen LogP contribution in [0.3, 0.4) is 0 Å². The average Bonchev–Trinajstić information content (AvgIpc) is 2.71. The molecular formula is C22H26BrClN2O2S. The maximum Gasteiger partial charge on any atom is 0.242 e. The van der Waals surface area contributed by atoms with Crippen LogP contribution in [0.4, 0.5) is 0 Å². The zero-order valence-corrected chi connectivity index (χ0v) is 19.8. The van der Waals surface area contributed by atoms with Crippen molar-refractivity contribution < 1.29 is 9.59 Å². The Morgan fingerprint density at radius 3 is 2.66 bits per heavy atom. The highest BCUT2D eigenvalue weighted by atomic mass is 79.9. The Balaban J connectivity index is 2.07. The summed E-state index contributed by atoms with van der Waals surface area (Å²) in [6.07, 6.45) is 0.853. The van der Waals surface area contributed by atoms with E-state index in [-0.39, 0.29) is 17.6 Å². The van der Waals surface area contributed by atoms with Crippen molar-refractivity contribution in [3.8, 4) is 0 Å². The first-order chi connectivity index (χ1) is 13.9. The maximum absolute atomic E-state index is 13.0. The molecule has 0 aliphatic heterocycles. The standard InChI is InChI=1S/C22H26BrClN2O2S/c1-3-11-25-22(28)16(2)26(13-17-7-6-9-19(23)12-17)21(27)15-29-14-18-8-4-5-10-20(18)24/h4-10,12,16H,3,11,13-15H2,1-2H3,(H,25,28). The van der Waals surface area contributed by atoms with Crippen LogP contribution in [0.5, 0.6) is 0 Å². The third-order valence-electron chi connectivity index (χ3n) is 4.40. The van der Waals surface area contributed by atoms with E-state index in [0.717, 1.165) is 22.0 Å². The van der Waals surface area contributed by atoms with Crippen LogP contribution in [0.1, 0.15) is 31.4 Å². The van der Waals surface area contributed by atoms with Crippen molar-refractivity contribution in [3.63, 3.8) is 0 Å². The maximum atomic E-state index is 13.0. The van der Waals surface area contributed by atoms with E-state index in [1.807, 2.05) is 55.5 Å².